The van der Waals surface area contributed by atoms with Gasteiger partial charge in [0.25, 0.3) is 5.91 Å². The number of amides is 3. The number of nitrogens with one attached hydrogen (secondary N) is 1. The lowest BCUT2D eigenvalue weighted by atomic mass is 9.86. The monoisotopic (exact) mass is 345 g/mol. The van der Waals surface area contributed by atoms with E-state index in [0.717, 1.165) is 0 Å². The second kappa shape index (κ2) is 6.74. The van der Waals surface area contributed by atoms with E-state index in [9.17, 15) is 14.4 Å². The van der Waals surface area contributed by atoms with Gasteiger partial charge in [0.1, 0.15) is 5.75 Å². The van der Waals surface area contributed by atoms with Gasteiger partial charge in [0.05, 0.1) is 7.11 Å². The lowest BCUT2D eigenvalue weighted by Gasteiger charge is -2.32. The molecule has 2 fully saturated rings. The van der Waals surface area contributed by atoms with Crippen molar-refractivity contribution in [1.82, 2.24) is 15.1 Å². The smallest absolute Gasteiger partial charge is 0.254 e. The van der Waals surface area contributed by atoms with Gasteiger partial charge in [0.2, 0.25) is 11.8 Å². The van der Waals surface area contributed by atoms with Crippen molar-refractivity contribution in [3.63, 3.8) is 0 Å². The fourth-order valence-corrected chi connectivity index (χ4v) is 3.62. The van der Waals surface area contributed by atoms with Crippen molar-refractivity contribution in [3.8, 4) is 5.75 Å². The predicted molar refractivity (Wildman–Crippen MR) is 91.2 cm³/mol. The summed E-state index contributed by atoms with van der Waals surface area (Å²) in [6.45, 7) is 3.87. The molecule has 1 N–H and O–H groups in total. The van der Waals surface area contributed by atoms with Gasteiger partial charge in [0, 0.05) is 57.0 Å². The number of hydrogen-bond acceptors (Lipinski definition) is 4. The number of hydrogen-bond donors (Lipinski definition) is 1. The first-order valence-electron chi connectivity index (χ1n) is 8.38. The van der Waals surface area contributed by atoms with Gasteiger partial charge >= 0.3 is 0 Å². The van der Waals surface area contributed by atoms with Crippen LogP contribution in [-0.2, 0) is 9.59 Å². The number of ether oxygens (including phenoxy) is 1. The van der Waals surface area contributed by atoms with Crippen LogP contribution in [0, 0.1) is 5.41 Å². The van der Waals surface area contributed by atoms with Crippen molar-refractivity contribution in [2.75, 3.05) is 39.8 Å². The van der Waals surface area contributed by atoms with Crippen LogP contribution in [0.2, 0.25) is 0 Å². The summed E-state index contributed by atoms with van der Waals surface area (Å²) in [5.74, 6) is 0.454. The van der Waals surface area contributed by atoms with Crippen LogP contribution < -0.4 is 10.1 Å². The van der Waals surface area contributed by atoms with E-state index < -0.39 is 5.41 Å². The Morgan fingerprint density at radius 2 is 1.92 bits per heavy atom. The van der Waals surface area contributed by atoms with Crippen LogP contribution in [0.4, 0.5) is 0 Å². The number of carbonyl (C=O) groups excluding carboxylic acids is 3. The molecule has 2 saturated heterocycles. The van der Waals surface area contributed by atoms with E-state index in [1.54, 1.807) is 41.2 Å². The van der Waals surface area contributed by atoms with E-state index in [4.69, 9.17) is 4.74 Å². The van der Waals surface area contributed by atoms with Gasteiger partial charge in [-0.15, -0.1) is 0 Å². The Balaban J connectivity index is 1.86. The minimum Gasteiger partial charge on any atom is -0.497 e. The first-order valence-corrected chi connectivity index (χ1v) is 8.38. The quantitative estimate of drug-likeness (QED) is 0.847. The summed E-state index contributed by atoms with van der Waals surface area (Å²) in [4.78, 5) is 40.2. The molecule has 7 heteroatoms. The average molecular weight is 345 g/mol. The molecular formula is C18H23N3O4. The fraction of sp³-hybridized carbons (Fsp3) is 0.500. The Morgan fingerprint density at radius 1 is 1.20 bits per heavy atom. The Bertz CT molecular complexity index is 705. The Hall–Kier alpha value is -2.57. The first kappa shape index (κ1) is 17.3. The predicted octanol–water partition coefficient (Wildman–Crippen LogP) is 0.506. The van der Waals surface area contributed by atoms with Crippen molar-refractivity contribution in [2.24, 2.45) is 5.41 Å². The molecule has 0 aromatic heterocycles. The largest absolute Gasteiger partial charge is 0.497 e. The van der Waals surface area contributed by atoms with Crippen LogP contribution in [0.15, 0.2) is 24.3 Å². The van der Waals surface area contributed by atoms with E-state index >= 15 is 0 Å². The molecule has 1 unspecified atom stereocenters. The standard InChI is InChI=1S/C18H23N3O4/c1-13(22)20-6-7-21(12-18(11-20)9-16(23)19-10-18)17(24)14-4-3-5-15(8-14)25-2/h3-5,8H,6-7,9-12H2,1-2H3,(H,19,23). The molecule has 0 saturated carbocycles. The van der Waals surface area contributed by atoms with Crippen LogP contribution in [0.25, 0.3) is 0 Å². The summed E-state index contributed by atoms with van der Waals surface area (Å²) in [5, 5.41) is 2.85. The number of carbonyl (C=O) groups is 3. The molecule has 1 aromatic carbocycles. The second-order valence-corrected chi connectivity index (χ2v) is 6.85. The minimum absolute atomic E-state index is 0.0285. The van der Waals surface area contributed by atoms with E-state index in [1.807, 2.05) is 0 Å². The highest BCUT2D eigenvalue weighted by atomic mass is 16.5. The van der Waals surface area contributed by atoms with E-state index in [2.05, 4.69) is 5.32 Å². The number of methoxy groups -OCH3 is 1. The van der Waals surface area contributed by atoms with E-state index in [-0.39, 0.29) is 17.7 Å². The molecule has 1 spiro atoms. The summed E-state index contributed by atoms with van der Waals surface area (Å²) in [6.07, 6.45) is 0.332. The number of benzene rings is 1. The molecule has 1 atom stereocenters. The van der Waals surface area contributed by atoms with E-state index in [0.29, 0.717) is 50.5 Å². The van der Waals surface area contributed by atoms with Gasteiger partial charge in [0.15, 0.2) is 0 Å². The average Bonchev–Trinajstić information content (AvgIpc) is 2.85. The molecule has 3 amide bonds. The Kier molecular flexibility index (Phi) is 4.65. The summed E-state index contributed by atoms with van der Waals surface area (Å²) in [6, 6.07) is 7.03. The van der Waals surface area contributed by atoms with Gasteiger partial charge in [-0.3, -0.25) is 14.4 Å². The molecule has 134 valence electrons. The molecule has 25 heavy (non-hydrogen) atoms. The normalized spacial score (nSPS) is 23.4. The van der Waals surface area contributed by atoms with Crippen LogP contribution in [0.3, 0.4) is 0 Å². The van der Waals surface area contributed by atoms with Gasteiger partial charge < -0.3 is 19.9 Å². The Morgan fingerprint density at radius 3 is 2.56 bits per heavy atom. The van der Waals surface area contributed by atoms with Gasteiger partial charge in [-0.05, 0) is 18.2 Å². The second-order valence-electron chi connectivity index (χ2n) is 6.85. The summed E-state index contributed by atoms with van der Waals surface area (Å²) < 4.78 is 5.19. The van der Waals surface area contributed by atoms with Crippen molar-refractivity contribution in [1.29, 1.82) is 0 Å². The molecule has 1 aromatic rings. The highest BCUT2D eigenvalue weighted by Gasteiger charge is 2.44. The molecule has 7 nitrogen and oxygen atoms in total. The molecule has 0 aliphatic carbocycles. The van der Waals surface area contributed by atoms with Gasteiger partial charge in [-0.2, -0.15) is 0 Å². The van der Waals surface area contributed by atoms with Crippen LogP contribution in [0.5, 0.6) is 5.75 Å². The molecule has 2 aliphatic rings. The summed E-state index contributed by atoms with van der Waals surface area (Å²) >= 11 is 0. The topological polar surface area (TPSA) is 79.0 Å². The van der Waals surface area contributed by atoms with E-state index in [1.165, 1.54) is 6.92 Å². The fourth-order valence-electron chi connectivity index (χ4n) is 3.62. The lowest BCUT2D eigenvalue weighted by Crippen LogP contribution is -2.44. The molecule has 2 aliphatic heterocycles. The zero-order chi connectivity index (χ0) is 18.0. The molecule has 3 rings (SSSR count). The summed E-state index contributed by atoms with van der Waals surface area (Å²) in [5.41, 5.74) is 0.122. The Labute approximate surface area is 146 Å². The van der Waals surface area contributed by atoms with Crippen LogP contribution in [0.1, 0.15) is 23.7 Å². The highest BCUT2D eigenvalue weighted by Crippen LogP contribution is 2.31. The molecular weight excluding hydrogens is 322 g/mol. The lowest BCUT2D eigenvalue weighted by molar-refractivity contribution is -0.130. The summed E-state index contributed by atoms with van der Waals surface area (Å²) in [7, 11) is 1.56. The zero-order valence-electron chi connectivity index (χ0n) is 14.6. The van der Waals surface area contributed by atoms with Crippen molar-refractivity contribution >= 4 is 17.7 Å². The number of nitrogens with zero attached hydrogens (tertiary/aromatic N) is 2. The minimum atomic E-state index is -0.423. The maximum Gasteiger partial charge on any atom is 0.254 e. The van der Waals surface area contributed by atoms with Crippen molar-refractivity contribution < 1.29 is 19.1 Å². The molecule has 2 heterocycles. The third-order valence-electron chi connectivity index (χ3n) is 4.94. The number of rotatable bonds is 2. The third kappa shape index (κ3) is 3.60. The first-order chi connectivity index (χ1) is 11.9. The zero-order valence-corrected chi connectivity index (χ0v) is 14.6. The maximum atomic E-state index is 13.0. The SMILES string of the molecule is COc1cccc(C(=O)N2CCN(C(C)=O)CC3(CNC(=O)C3)C2)c1. The highest BCUT2D eigenvalue weighted by molar-refractivity contribution is 5.95. The van der Waals surface area contributed by atoms with Crippen molar-refractivity contribution in [2.45, 2.75) is 13.3 Å². The van der Waals surface area contributed by atoms with Crippen molar-refractivity contribution in [3.05, 3.63) is 29.8 Å². The maximum absolute atomic E-state index is 13.0. The van der Waals surface area contributed by atoms with Gasteiger partial charge in [-0.1, -0.05) is 6.07 Å². The van der Waals surface area contributed by atoms with Crippen LogP contribution in [-0.4, -0.2) is 67.4 Å². The molecule has 0 radical (unpaired) electrons. The van der Waals surface area contributed by atoms with Gasteiger partial charge in [-0.25, -0.2) is 0 Å². The molecule has 0 bridgehead atoms. The third-order valence-corrected chi connectivity index (χ3v) is 4.94. The van der Waals surface area contributed by atoms with Crippen LogP contribution >= 0.6 is 0 Å².